The van der Waals surface area contributed by atoms with Gasteiger partial charge in [-0.25, -0.2) is 0 Å². The highest BCUT2D eigenvalue weighted by Crippen LogP contribution is 2.18. The van der Waals surface area contributed by atoms with E-state index >= 15 is 0 Å². The maximum absolute atomic E-state index is 12.9. The number of nitrogens with one attached hydrogen (secondary N) is 2. The molecule has 1 atom stereocenters. The summed E-state index contributed by atoms with van der Waals surface area (Å²) in [6, 6.07) is 6.00. The van der Waals surface area contributed by atoms with Gasteiger partial charge in [-0.2, -0.15) is 0 Å². The Morgan fingerprint density at radius 2 is 2.04 bits per heavy atom. The molecule has 0 aromatic carbocycles. The number of hydrogen-bond donors (Lipinski definition) is 2. The van der Waals surface area contributed by atoms with Crippen molar-refractivity contribution in [3.8, 4) is 0 Å². The molecule has 1 fully saturated rings. The lowest BCUT2D eigenvalue weighted by atomic mass is 9.96. The van der Waals surface area contributed by atoms with Gasteiger partial charge in [0.15, 0.2) is 0 Å². The van der Waals surface area contributed by atoms with Crippen molar-refractivity contribution in [2.75, 3.05) is 19.6 Å². The normalized spacial score (nSPS) is 17.4. The first kappa shape index (κ1) is 23.4. The van der Waals surface area contributed by atoms with Crippen molar-refractivity contribution < 1.29 is 9.59 Å². The molecule has 2 rings (SSSR count). The van der Waals surface area contributed by atoms with Gasteiger partial charge < -0.3 is 15.5 Å². The maximum Gasteiger partial charge on any atom is 0.225 e. The lowest BCUT2D eigenvalue weighted by molar-refractivity contribution is -0.134. The van der Waals surface area contributed by atoms with Crippen molar-refractivity contribution in [1.82, 2.24) is 20.5 Å². The second-order valence-corrected chi connectivity index (χ2v) is 7.93. The van der Waals surface area contributed by atoms with Gasteiger partial charge in [0.05, 0.1) is 12.2 Å². The van der Waals surface area contributed by atoms with Crippen LogP contribution in [-0.2, 0) is 16.1 Å². The highest BCUT2D eigenvalue weighted by Gasteiger charge is 2.26. The highest BCUT2D eigenvalue weighted by molar-refractivity contribution is 5.85. The fourth-order valence-corrected chi connectivity index (χ4v) is 3.09. The average Bonchev–Trinajstić information content (AvgIpc) is 2.88. The van der Waals surface area contributed by atoms with Crippen LogP contribution < -0.4 is 10.6 Å². The molecule has 27 heavy (non-hydrogen) atoms. The summed E-state index contributed by atoms with van der Waals surface area (Å²) < 4.78 is 0. The van der Waals surface area contributed by atoms with Crippen molar-refractivity contribution in [3.63, 3.8) is 0 Å². The molecule has 0 radical (unpaired) electrons. The monoisotopic (exact) mass is 396 g/mol. The van der Waals surface area contributed by atoms with Gasteiger partial charge in [-0.1, -0.05) is 26.8 Å². The summed E-state index contributed by atoms with van der Waals surface area (Å²) in [5.74, 6) is 0.0528. The summed E-state index contributed by atoms with van der Waals surface area (Å²) >= 11 is 0. The predicted molar refractivity (Wildman–Crippen MR) is 110 cm³/mol. The molecule has 0 spiro atoms. The summed E-state index contributed by atoms with van der Waals surface area (Å²) in [5, 5.41) is 6.27. The van der Waals surface area contributed by atoms with Crippen molar-refractivity contribution in [2.24, 2.45) is 5.41 Å². The summed E-state index contributed by atoms with van der Waals surface area (Å²) in [4.78, 5) is 31.3. The Hall–Kier alpha value is -1.66. The van der Waals surface area contributed by atoms with Crippen molar-refractivity contribution >= 4 is 24.2 Å². The van der Waals surface area contributed by atoms with Crippen molar-refractivity contribution in [1.29, 1.82) is 0 Å². The minimum atomic E-state index is -0.441. The van der Waals surface area contributed by atoms with Crippen LogP contribution in [-0.4, -0.2) is 47.4 Å². The molecule has 0 aliphatic carbocycles. The van der Waals surface area contributed by atoms with E-state index in [4.69, 9.17) is 0 Å². The Morgan fingerprint density at radius 1 is 1.26 bits per heavy atom. The Balaban J connectivity index is 0.00000364. The third-order valence-corrected chi connectivity index (χ3v) is 4.67. The zero-order valence-electron chi connectivity index (χ0n) is 16.7. The number of carbonyl (C=O) groups is 2. The SMILES string of the molecule is CC(C)(C)C(=O)NCCC(=O)N(Cc1ccccn1)C1CCCNCC1.Cl. The number of aromatic nitrogens is 1. The quantitative estimate of drug-likeness (QED) is 0.774. The first-order valence-electron chi connectivity index (χ1n) is 9.56. The lowest BCUT2D eigenvalue weighted by Gasteiger charge is -2.31. The Kier molecular flexibility index (Phi) is 9.74. The largest absolute Gasteiger partial charge is 0.355 e. The highest BCUT2D eigenvalue weighted by atomic mass is 35.5. The number of carbonyl (C=O) groups excluding carboxylic acids is 2. The van der Waals surface area contributed by atoms with E-state index in [0.717, 1.165) is 38.0 Å². The molecule has 0 bridgehead atoms. The van der Waals surface area contributed by atoms with Crippen LogP contribution in [0.4, 0.5) is 0 Å². The van der Waals surface area contributed by atoms with Gasteiger partial charge in [-0.05, 0) is 44.5 Å². The van der Waals surface area contributed by atoms with E-state index in [9.17, 15) is 9.59 Å². The van der Waals surface area contributed by atoms with E-state index in [1.807, 2.05) is 43.9 Å². The van der Waals surface area contributed by atoms with Crippen LogP contribution >= 0.6 is 12.4 Å². The Labute approximate surface area is 168 Å². The fourth-order valence-electron chi connectivity index (χ4n) is 3.09. The van der Waals surface area contributed by atoms with Gasteiger partial charge in [0, 0.05) is 30.6 Å². The molecule has 1 aliphatic heterocycles. The third kappa shape index (κ3) is 7.85. The van der Waals surface area contributed by atoms with Crippen molar-refractivity contribution in [2.45, 2.75) is 59.0 Å². The molecule has 0 saturated carbocycles. The zero-order valence-corrected chi connectivity index (χ0v) is 17.5. The molecular formula is C20H33ClN4O2. The summed E-state index contributed by atoms with van der Waals surface area (Å²) in [5.41, 5.74) is 0.459. The molecule has 2 amide bonds. The van der Waals surface area contributed by atoms with Gasteiger partial charge in [0.1, 0.15) is 0 Å². The number of rotatable bonds is 6. The number of amides is 2. The van der Waals surface area contributed by atoms with E-state index in [-0.39, 0.29) is 30.3 Å². The number of pyridine rings is 1. The molecule has 1 unspecified atom stereocenters. The van der Waals surface area contributed by atoms with Crippen LogP contribution in [0, 0.1) is 5.41 Å². The van der Waals surface area contributed by atoms with Gasteiger partial charge >= 0.3 is 0 Å². The summed E-state index contributed by atoms with van der Waals surface area (Å²) in [6.07, 6.45) is 5.10. The smallest absolute Gasteiger partial charge is 0.225 e. The van der Waals surface area contributed by atoms with Crippen LogP contribution in [0.1, 0.15) is 52.1 Å². The van der Waals surface area contributed by atoms with Crippen molar-refractivity contribution in [3.05, 3.63) is 30.1 Å². The predicted octanol–water partition coefficient (Wildman–Crippen LogP) is 2.53. The molecule has 1 saturated heterocycles. The van der Waals surface area contributed by atoms with E-state index < -0.39 is 5.41 Å². The van der Waals surface area contributed by atoms with Gasteiger partial charge in [0.2, 0.25) is 11.8 Å². The van der Waals surface area contributed by atoms with E-state index in [1.165, 1.54) is 0 Å². The number of hydrogen-bond acceptors (Lipinski definition) is 4. The second kappa shape index (κ2) is 11.2. The molecule has 2 N–H and O–H groups in total. The van der Waals surface area contributed by atoms with E-state index in [1.54, 1.807) is 6.20 Å². The van der Waals surface area contributed by atoms with Crippen LogP contribution in [0.15, 0.2) is 24.4 Å². The molecule has 1 aromatic rings. The Morgan fingerprint density at radius 3 is 2.70 bits per heavy atom. The van der Waals surface area contributed by atoms with Gasteiger partial charge in [-0.3, -0.25) is 14.6 Å². The molecular weight excluding hydrogens is 364 g/mol. The minimum absolute atomic E-state index is 0. The van der Waals surface area contributed by atoms with Crippen LogP contribution in [0.3, 0.4) is 0 Å². The number of halogens is 1. The van der Waals surface area contributed by atoms with Crippen LogP contribution in [0.5, 0.6) is 0 Å². The van der Waals surface area contributed by atoms with E-state index in [2.05, 4.69) is 15.6 Å². The first-order valence-corrected chi connectivity index (χ1v) is 9.56. The molecule has 1 aromatic heterocycles. The molecule has 2 heterocycles. The Bertz CT molecular complexity index is 581. The average molecular weight is 397 g/mol. The second-order valence-electron chi connectivity index (χ2n) is 7.93. The third-order valence-electron chi connectivity index (χ3n) is 4.67. The lowest BCUT2D eigenvalue weighted by Crippen LogP contribution is -2.43. The van der Waals surface area contributed by atoms with Gasteiger partial charge in [-0.15, -0.1) is 12.4 Å². The fraction of sp³-hybridized carbons (Fsp3) is 0.650. The molecule has 152 valence electrons. The topological polar surface area (TPSA) is 74.3 Å². The minimum Gasteiger partial charge on any atom is -0.355 e. The van der Waals surface area contributed by atoms with E-state index in [0.29, 0.717) is 19.5 Å². The standard InChI is InChI=1S/C20H32N4O2.ClH/c1-20(2,3)19(26)23-14-10-18(25)24(15-16-7-4-5-12-22-16)17-8-6-11-21-13-9-17;/h4-5,7,12,17,21H,6,8-11,13-15H2,1-3H3,(H,23,26);1H. The summed E-state index contributed by atoms with van der Waals surface area (Å²) in [7, 11) is 0. The van der Waals surface area contributed by atoms with Crippen LogP contribution in [0.25, 0.3) is 0 Å². The van der Waals surface area contributed by atoms with Gasteiger partial charge in [0.25, 0.3) is 0 Å². The zero-order chi connectivity index (χ0) is 19.0. The first-order chi connectivity index (χ1) is 12.4. The maximum atomic E-state index is 12.9. The van der Waals surface area contributed by atoms with Crippen LogP contribution in [0.2, 0.25) is 0 Å². The number of nitrogens with zero attached hydrogens (tertiary/aromatic N) is 2. The molecule has 1 aliphatic rings. The molecule has 6 nitrogen and oxygen atoms in total. The molecule has 7 heteroatoms. The summed E-state index contributed by atoms with van der Waals surface area (Å²) in [6.45, 7) is 8.44.